The fourth-order valence-electron chi connectivity index (χ4n) is 7.50. The van der Waals surface area contributed by atoms with Crippen LogP contribution >= 0.6 is 0 Å². The summed E-state index contributed by atoms with van der Waals surface area (Å²) in [4.78, 5) is 60.2. The largest absolute Gasteiger partial charge is 0.465 e. The molecule has 13 heteroatoms. The Morgan fingerprint density at radius 1 is 0.962 bits per heavy atom. The van der Waals surface area contributed by atoms with Gasteiger partial charge in [0, 0.05) is 62.2 Å². The molecule has 0 radical (unpaired) electrons. The number of methoxy groups -OCH3 is 1. The number of carbonyl (C=O) groups excluding carboxylic acids is 3. The lowest BCUT2D eigenvalue weighted by molar-refractivity contribution is -0.122. The fourth-order valence-corrected chi connectivity index (χ4v) is 7.50. The van der Waals surface area contributed by atoms with Crippen molar-refractivity contribution in [3.8, 4) is 0 Å². The van der Waals surface area contributed by atoms with Gasteiger partial charge in [-0.2, -0.15) is 0 Å². The molecule has 3 aromatic carbocycles. The maximum absolute atomic E-state index is 14.5. The van der Waals surface area contributed by atoms with E-state index in [-0.39, 0.29) is 55.4 Å². The summed E-state index contributed by atoms with van der Waals surface area (Å²) in [7, 11) is 1.30. The van der Waals surface area contributed by atoms with Crippen LogP contribution in [0.1, 0.15) is 47.8 Å². The zero-order valence-corrected chi connectivity index (χ0v) is 30.0. The van der Waals surface area contributed by atoms with Gasteiger partial charge in [-0.25, -0.2) is 14.0 Å². The van der Waals surface area contributed by atoms with Gasteiger partial charge in [0.2, 0.25) is 11.8 Å². The van der Waals surface area contributed by atoms with E-state index in [0.717, 1.165) is 17.7 Å². The van der Waals surface area contributed by atoms with E-state index in [2.05, 4.69) is 22.0 Å². The van der Waals surface area contributed by atoms with Gasteiger partial charge in [0.15, 0.2) is 0 Å². The molecule has 0 bridgehead atoms. The molecule has 3 heterocycles. The van der Waals surface area contributed by atoms with Crippen molar-refractivity contribution in [3.63, 3.8) is 0 Å². The van der Waals surface area contributed by atoms with Gasteiger partial charge in [-0.1, -0.05) is 24.3 Å². The van der Waals surface area contributed by atoms with Gasteiger partial charge in [0.1, 0.15) is 5.82 Å². The molecule has 3 aromatic rings. The molecule has 0 aliphatic carbocycles. The maximum atomic E-state index is 14.5. The third-order valence-corrected chi connectivity index (χ3v) is 10.6. The average molecular weight is 716 g/mol. The Labute approximate surface area is 303 Å². The Hall–Kier alpha value is -4.85. The second-order valence-corrected chi connectivity index (χ2v) is 14.3. The van der Waals surface area contributed by atoms with Crippen molar-refractivity contribution in [2.24, 2.45) is 0 Å². The number of morpholine rings is 1. The topological polar surface area (TPSA) is 132 Å². The monoisotopic (exact) mass is 715 g/mol. The molecule has 3 amide bonds. The van der Waals surface area contributed by atoms with Gasteiger partial charge in [0.05, 0.1) is 37.8 Å². The van der Waals surface area contributed by atoms with E-state index < -0.39 is 17.5 Å². The number of carboxylic acid groups (broad SMARTS) is 1. The van der Waals surface area contributed by atoms with Gasteiger partial charge in [-0.05, 0) is 86.3 Å². The Kier molecular flexibility index (Phi) is 10.9. The third-order valence-electron chi connectivity index (χ3n) is 10.6. The average Bonchev–Trinajstić information content (AvgIpc) is 3.43. The highest BCUT2D eigenvalue weighted by molar-refractivity contribution is 6.07. The van der Waals surface area contributed by atoms with Crippen molar-refractivity contribution in [1.29, 1.82) is 0 Å². The van der Waals surface area contributed by atoms with Crippen LogP contribution in [-0.4, -0.2) is 121 Å². The van der Waals surface area contributed by atoms with Crippen molar-refractivity contribution >= 4 is 35.3 Å². The molecule has 52 heavy (non-hydrogen) atoms. The summed E-state index contributed by atoms with van der Waals surface area (Å²) in [5.41, 5.74) is 2.83. The van der Waals surface area contributed by atoms with Gasteiger partial charge in [-0.15, -0.1) is 0 Å². The summed E-state index contributed by atoms with van der Waals surface area (Å²) < 4.78 is 24.1. The number of hydrogen-bond donors (Lipinski definition) is 2. The number of ether oxygens (including phenoxy) is 2. The highest BCUT2D eigenvalue weighted by Crippen LogP contribution is 2.43. The number of nitrogens with zero attached hydrogens (tertiary/aromatic N) is 4. The van der Waals surface area contributed by atoms with Gasteiger partial charge >= 0.3 is 12.1 Å². The smallest absolute Gasteiger partial charge is 0.407 e. The second-order valence-electron chi connectivity index (χ2n) is 14.3. The maximum Gasteiger partial charge on any atom is 0.407 e. The number of piperazine rings is 1. The van der Waals surface area contributed by atoms with Crippen LogP contribution in [0, 0.1) is 5.82 Å². The van der Waals surface area contributed by atoms with Crippen LogP contribution in [0.15, 0.2) is 66.7 Å². The number of benzene rings is 3. The number of carbonyl (C=O) groups is 4. The number of rotatable bonds is 9. The first-order chi connectivity index (χ1) is 24.9. The number of nitrogens with one attached hydrogen (secondary N) is 1. The van der Waals surface area contributed by atoms with E-state index in [4.69, 9.17) is 9.47 Å². The first-order valence-electron chi connectivity index (χ1n) is 17.6. The molecule has 3 aliphatic rings. The van der Waals surface area contributed by atoms with Crippen LogP contribution in [0.5, 0.6) is 0 Å². The lowest BCUT2D eigenvalue weighted by atomic mass is 9.83. The predicted octanol–water partition coefficient (Wildman–Crippen LogP) is 4.22. The van der Waals surface area contributed by atoms with E-state index >= 15 is 0 Å². The zero-order chi connectivity index (χ0) is 37.2. The third kappa shape index (κ3) is 7.81. The summed E-state index contributed by atoms with van der Waals surface area (Å²) in [6, 6.07) is 18.0. The quantitative estimate of drug-likeness (QED) is 0.313. The van der Waals surface area contributed by atoms with Crippen LogP contribution in [0.25, 0.3) is 0 Å². The Morgan fingerprint density at radius 3 is 2.35 bits per heavy atom. The molecule has 6 rings (SSSR count). The minimum absolute atomic E-state index is 0.0372. The van der Waals surface area contributed by atoms with E-state index in [0.29, 0.717) is 55.2 Å². The molecule has 3 unspecified atom stereocenters. The Bertz CT molecular complexity index is 1810. The van der Waals surface area contributed by atoms with Crippen molar-refractivity contribution in [2.45, 2.75) is 50.7 Å². The van der Waals surface area contributed by atoms with E-state index in [9.17, 15) is 28.7 Å². The van der Waals surface area contributed by atoms with Gasteiger partial charge < -0.3 is 29.7 Å². The number of hydrogen-bond acceptors (Lipinski definition) is 8. The van der Waals surface area contributed by atoms with Crippen LogP contribution in [0.2, 0.25) is 0 Å². The molecule has 0 aromatic heterocycles. The van der Waals surface area contributed by atoms with Gasteiger partial charge in [-0.3, -0.25) is 19.4 Å². The van der Waals surface area contributed by atoms with Gasteiger partial charge in [0.25, 0.3) is 0 Å². The molecule has 0 spiro atoms. The van der Waals surface area contributed by atoms with Crippen molar-refractivity contribution in [1.82, 2.24) is 14.7 Å². The highest BCUT2D eigenvalue weighted by Gasteiger charge is 2.47. The SMILES string of the molecule is COC(=O)c1ccc(NC(=O)C2(C)CN(C(=O)CN3CC(C)N(C(=O)O)CC3CN3CCOC[C@H]3C)c3cc(Cc4ccc(F)cc4)ccc32)cc1. The Morgan fingerprint density at radius 2 is 1.67 bits per heavy atom. The molecule has 2 saturated heterocycles. The summed E-state index contributed by atoms with van der Waals surface area (Å²) in [6.45, 7) is 9.00. The summed E-state index contributed by atoms with van der Waals surface area (Å²) >= 11 is 0. The molecular weight excluding hydrogens is 669 g/mol. The van der Waals surface area contributed by atoms with E-state index in [1.807, 2.05) is 32.0 Å². The van der Waals surface area contributed by atoms with Crippen molar-refractivity contribution < 1.29 is 38.1 Å². The molecule has 12 nitrogen and oxygen atoms in total. The molecule has 2 N–H and O–H groups in total. The van der Waals surface area contributed by atoms with Crippen molar-refractivity contribution in [2.75, 3.05) is 69.8 Å². The zero-order valence-electron chi connectivity index (χ0n) is 30.0. The molecule has 0 saturated carbocycles. The number of halogens is 1. The fraction of sp³-hybridized carbons (Fsp3) is 0.436. The summed E-state index contributed by atoms with van der Waals surface area (Å²) in [5, 5.41) is 12.9. The standard InChI is InChI=1S/C39H46FN5O7/c1-25-19-43(32(21-44(25)38(49)50)20-42-15-16-52-23-26(42)2)22-35(46)45-24-39(3,37(48)41-31-12-8-29(9-13-31)36(47)51-4)33-14-7-28(18-34(33)45)17-27-5-10-30(40)11-6-27/h5-14,18,25-26,32H,15-17,19-24H2,1-4H3,(H,41,48)(H,49,50)/t25?,26-,32?,39?/m1/s1. The second kappa shape index (κ2) is 15.4. The number of esters is 1. The number of anilines is 2. The lowest BCUT2D eigenvalue weighted by Gasteiger charge is -2.47. The molecule has 276 valence electrons. The van der Waals surface area contributed by atoms with Crippen molar-refractivity contribution in [3.05, 3.63) is 94.8 Å². The van der Waals surface area contributed by atoms with E-state index in [1.54, 1.807) is 41.3 Å². The molecular formula is C39H46FN5O7. The first-order valence-corrected chi connectivity index (χ1v) is 17.6. The lowest BCUT2D eigenvalue weighted by Crippen LogP contribution is -2.64. The van der Waals surface area contributed by atoms with E-state index in [1.165, 1.54) is 24.1 Å². The minimum Gasteiger partial charge on any atom is -0.465 e. The molecule has 4 atom stereocenters. The summed E-state index contributed by atoms with van der Waals surface area (Å²) in [5.74, 6) is -1.32. The Balaban J connectivity index is 1.28. The summed E-state index contributed by atoms with van der Waals surface area (Å²) in [6.07, 6.45) is -0.484. The normalized spacial score (nSPS) is 23.6. The number of amides is 3. The first kappa shape index (κ1) is 36.9. The minimum atomic E-state index is -1.13. The predicted molar refractivity (Wildman–Crippen MR) is 193 cm³/mol. The van der Waals surface area contributed by atoms with Crippen LogP contribution in [-0.2, 0) is 30.9 Å². The molecule has 3 aliphatic heterocycles. The van der Waals surface area contributed by atoms with Crippen LogP contribution < -0.4 is 10.2 Å². The highest BCUT2D eigenvalue weighted by atomic mass is 19.1. The molecule has 2 fully saturated rings. The van der Waals surface area contributed by atoms with Crippen LogP contribution in [0.4, 0.5) is 20.6 Å². The van der Waals surface area contributed by atoms with Crippen LogP contribution in [0.3, 0.4) is 0 Å². The number of fused-ring (bicyclic) bond motifs is 1.